The Balaban J connectivity index is 2.68. The molecule has 2 rings (SSSR count). The second-order valence-electron chi connectivity index (χ2n) is 3.96. The molecule has 0 aliphatic heterocycles. The molecule has 0 radical (unpaired) electrons. The average Bonchev–Trinajstić information content (AvgIpc) is 2.40. The Hall–Kier alpha value is -1.30. The van der Waals surface area contributed by atoms with Crippen LogP contribution < -0.4 is 0 Å². The van der Waals surface area contributed by atoms with Crippen molar-refractivity contribution < 1.29 is 18.3 Å². The molecule has 0 aliphatic carbocycles. The highest BCUT2D eigenvalue weighted by atomic mass is 35.5. The van der Waals surface area contributed by atoms with Crippen LogP contribution in [0.3, 0.4) is 0 Å². The van der Waals surface area contributed by atoms with Crippen LogP contribution in [-0.4, -0.2) is 10.1 Å². The van der Waals surface area contributed by atoms with Crippen molar-refractivity contribution in [2.75, 3.05) is 0 Å². The molecule has 0 unspecified atom stereocenters. The minimum Gasteiger partial charge on any atom is -0.392 e. The van der Waals surface area contributed by atoms with Gasteiger partial charge in [-0.3, -0.25) is 0 Å². The van der Waals surface area contributed by atoms with Crippen LogP contribution >= 0.6 is 23.2 Å². The SMILES string of the molecule is OCc1ccc(C(F)(F)F)nc1-c1cccc(Cl)c1Cl. The summed E-state index contributed by atoms with van der Waals surface area (Å²) in [5.74, 6) is 0. The predicted octanol–water partition coefficient (Wildman–Crippen LogP) is 4.57. The Morgan fingerprint density at radius 2 is 1.80 bits per heavy atom. The van der Waals surface area contributed by atoms with Gasteiger partial charge in [-0.2, -0.15) is 13.2 Å². The topological polar surface area (TPSA) is 33.1 Å². The molecule has 2 aromatic rings. The van der Waals surface area contributed by atoms with Gasteiger partial charge in [-0.1, -0.05) is 41.4 Å². The third kappa shape index (κ3) is 2.90. The number of aromatic nitrogens is 1. The quantitative estimate of drug-likeness (QED) is 0.879. The van der Waals surface area contributed by atoms with E-state index in [0.29, 0.717) is 0 Å². The van der Waals surface area contributed by atoms with Gasteiger partial charge in [0.05, 0.1) is 22.3 Å². The molecule has 1 aromatic heterocycles. The van der Waals surface area contributed by atoms with Gasteiger partial charge in [-0.15, -0.1) is 0 Å². The molecule has 1 aromatic carbocycles. The lowest BCUT2D eigenvalue weighted by molar-refractivity contribution is -0.141. The molecule has 106 valence electrons. The van der Waals surface area contributed by atoms with Crippen LogP contribution in [0.5, 0.6) is 0 Å². The standard InChI is InChI=1S/C13H8Cl2F3NO/c14-9-3-1-2-8(11(9)15)12-7(6-20)4-5-10(19-12)13(16,17)18/h1-5,20H,6H2. The zero-order valence-electron chi connectivity index (χ0n) is 9.88. The Morgan fingerprint density at radius 1 is 1.10 bits per heavy atom. The van der Waals surface area contributed by atoms with E-state index < -0.39 is 18.5 Å². The van der Waals surface area contributed by atoms with Crippen LogP contribution in [0.1, 0.15) is 11.3 Å². The van der Waals surface area contributed by atoms with Crippen LogP contribution in [0.4, 0.5) is 13.2 Å². The first-order valence-corrected chi connectivity index (χ1v) is 6.22. The lowest BCUT2D eigenvalue weighted by Crippen LogP contribution is -2.09. The van der Waals surface area contributed by atoms with Gasteiger partial charge in [0.1, 0.15) is 5.69 Å². The van der Waals surface area contributed by atoms with Gasteiger partial charge < -0.3 is 5.11 Å². The number of benzene rings is 1. The number of hydrogen-bond donors (Lipinski definition) is 1. The van der Waals surface area contributed by atoms with Crippen molar-refractivity contribution in [3.05, 3.63) is 51.6 Å². The Bertz CT molecular complexity index is 644. The van der Waals surface area contributed by atoms with E-state index in [1.807, 2.05) is 0 Å². The van der Waals surface area contributed by atoms with Crippen molar-refractivity contribution in [3.8, 4) is 11.3 Å². The van der Waals surface area contributed by atoms with Crippen LogP contribution in [-0.2, 0) is 12.8 Å². The van der Waals surface area contributed by atoms with E-state index in [9.17, 15) is 18.3 Å². The van der Waals surface area contributed by atoms with Crippen molar-refractivity contribution in [1.29, 1.82) is 0 Å². The fourth-order valence-corrected chi connectivity index (χ4v) is 2.08. The first kappa shape index (κ1) is 15.1. The number of pyridine rings is 1. The molecule has 0 atom stereocenters. The molecule has 2 nitrogen and oxygen atoms in total. The van der Waals surface area contributed by atoms with E-state index in [2.05, 4.69) is 4.98 Å². The first-order valence-electron chi connectivity index (χ1n) is 5.47. The summed E-state index contributed by atoms with van der Waals surface area (Å²) >= 11 is 11.8. The van der Waals surface area contributed by atoms with Gasteiger partial charge in [0.15, 0.2) is 0 Å². The van der Waals surface area contributed by atoms with Gasteiger partial charge in [-0.25, -0.2) is 4.98 Å². The van der Waals surface area contributed by atoms with Crippen LogP contribution in [0.25, 0.3) is 11.3 Å². The second-order valence-corrected chi connectivity index (χ2v) is 4.75. The zero-order valence-corrected chi connectivity index (χ0v) is 11.4. The van der Waals surface area contributed by atoms with Crippen molar-refractivity contribution in [3.63, 3.8) is 0 Å². The minimum atomic E-state index is -4.58. The van der Waals surface area contributed by atoms with Crippen molar-refractivity contribution in [2.24, 2.45) is 0 Å². The monoisotopic (exact) mass is 321 g/mol. The van der Waals surface area contributed by atoms with E-state index in [1.54, 1.807) is 6.07 Å². The molecule has 20 heavy (non-hydrogen) atoms. The number of aliphatic hydroxyl groups is 1. The van der Waals surface area contributed by atoms with E-state index in [-0.39, 0.29) is 26.9 Å². The average molecular weight is 322 g/mol. The summed E-state index contributed by atoms with van der Waals surface area (Å²) in [6.45, 7) is -0.455. The van der Waals surface area contributed by atoms with Crippen LogP contribution in [0.2, 0.25) is 10.0 Å². The van der Waals surface area contributed by atoms with Gasteiger partial charge >= 0.3 is 6.18 Å². The molecule has 0 bridgehead atoms. The smallest absolute Gasteiger partial charge is 0.392 e. The number of alkyl halides is 3. The van der Waals surface area contributed by atoms with Crippen LogP contribution in [0, 0.1) is 0 Å². The highest BCUT2D eigenvalue weighted by Crippen LogP contribution is 2.36. The van der Waals surface area contributed by atoms with Crippen LogP contribution in [0.15, 0.2) is 30.3 Å². The van der Waals surface area contributed by atoms with Gasteiger partial charge in [-0.05, 0) is 12.1 Å². The van der Waals surface area contributed by atoms with E-state index in [1.165, 1.54) is 18.2 Å². The lowest BCUT2D eigenvalue weighted by Gasteiger charge is -2.13. The summed E-state index contributed by atoms with van der Waals surface area (Å²) < 4.78 is 38.1. The third-order valence-corrected chi connectivity index (χ3v) is 3.47. The summed E-state index contributed by atoms with van der Waals surface area (Å²) in [7, 11) is 0. The molecular formula is C13H8Cl2F3NO. The fourth-order valence-electron chi connectivity index (χ4n) is 1.69. The highest BCUT2D eigenvalue weighted by Gasteiger charge is 2.33. The Morgan fingerprint density at radius 3 is 2.40 bits per heavy atom. The maximum atomic E-state index is 12.7. The molecule has 1 N–H and O–H groups in total. The van der Waals surface area contributed by atoms with E-state index in [0.717, 1.165) is 6.07 Å². The van der Waals surface area contributed by atoms with E-state index >= 15 is 0 Å². The molecule has 0 aliphatic rings. The van der Waals surface area contributed by atoms with Gasteiger partial charge in [0.2, 0.25) is 0 Å². The molecule has 0 saturated carbocycles. The lowest BCUT2D eigenvalue weighted by atomic mass is 10.1. The molecule has 0 amide bonds. The fraction of sp³-hybridized carbons (Fsp3) is 0.154. The normalized spacial score (nSPS) is 11.7. The van der Waals surface area contributed by atoms with Crippen molar-refractivity contribution in [1.82, 2.24) is 4.98 Å². The zero-order chi connectivity index (χ0) is 14.9. The summed E-state index contributed by atoms with van der Waals surface area (Å²) in [6, 6.07) is 6.54. The maximum Gasteiger partial charge on any atom is 0.433 e. The van der Waals surface area contributed by atoms with Gasteiger partial charge in [0, 0.05) is 11.1 Å². The van der Waals surface area contributed by atoms with Crippen molar-refractivity contribution >= 4 is 23.2 Å². The number of rotatable bonds is 2. The predicted molar refractivity (Wildman–Crippen MR) is 70.6 cm³/mol. The number of aliphatic hydroxyl groups excluding tert-OH is 1. The summed E-state index contributed by atoms with van der Waals surface area (Å²) in [4.78, 5) is 3.56. The maximum absolute atomic E-state index is 12.7. The largest absolute Gasteiger partial charge is 0.433 e. The summed E-state index contributed by atoms with van der Waals surface area (Å²) in [5, 5.41) is 9.53. The minimum absolute atomic E-state index is 0.0326. The molecule has 0 saturated heterocycles. The third-order valence-electron chi connectivity index (χ3n) is 2.65. The molecule has 0 spiro atoms. The number of halogens is 5. The first-order chi connectivity index (χ1) is 9.34. The number of nitrogens with zero attached hydrogens (tertiary/aromatic N) is 1. The summed E-state index contributed by atoms with van der Waals surface area (Å²) in [5.41, 5.74) is -0.605. The Kier molecular flexibility index (Phi) is 4.22. The summed E-state index contributed by atoms with van der Waals surface area (Å²) in [6.07, 6.45) is -4.58. The second kappa shape index (κ2) is 5.60. The molecule has 1 heterocycles. The van der Waals surface area contributed by atoms with E-state index in [4.69, 9.17) is 23.2 Å². The molecular weight excluding hydrogens is 314 g/mol. The van der Waals surface area contributed by atoms with Crippen molar-refractivity contribution in [2.45, 2.75) is 12.8 Å². The van der Waals surface area contributed by atoms with Gasteiger partial charge in [0.25, 0.3) is 0 Å². The number of hydrogen-bond acceptors (Lipinski definition) is 2. The molecule has 7 heteroatoms. The highest BCUT2D eigenvalue weighted by molar-refractivity contribution is 6.43. The Labute approximate surface area is 122 Å². The molecule has 0 fully saturated rings.